The number of benzene rings is 1. The number of carbonyl (C=O) groups is 1. The molecule has 0 saturated heterocycles. The normalized spacial score (nSPS) is 12.3. The van der Waals surface area contributed by atoms with E-state index < -0.39 is 11.6 Å². The average molecular weight is 496 g/mol. The highest BCUT2D eigenvalue weighted by Gasteiger charge is 2.36. The van der Waals surface area contributed by atoms with E-state index in [1.165, 1.54) is 6.92 Å². The van der Waals surface area contributed by atoms with Gasteiger partial charge in [0.25, 0.3) is 0 Å². The number of allylic oxidation sites excluding steroid dienone is 3. The molecule has 0 aliphatic rings. The number of aromatic nitrogens is 1. The third-order valence-electron chi connectivity index (χ3n) is 4.92. The lowest BCUT2D eigenvalue weighted by Gasteiger charge is -2.26. The van der Waals surface area contributed by atoms with Gasteiger partial charge in [-0.25, -0.2) is 9.78 Å². The van der Waals surface area contributed by atoms with Gasteiger partial charge in [0.2, 0.25) is 11.5 Å². The van der Waals surface area contributed by atoms with Gasteiger partial charge in [-0.1, -0.05) is 57.4 Å². The number of oxazole rings is 1. The summed E-state index contributed by atoms with van der Waals surface area (Å²) in [7, 11) is 0. The second-order valence-corrected chi connectivity index (χ2v) is 8.57. The molecule has 3 aromatic rings. The van der Waals surface area contributed by atoms with Crippen molar-refractivity contribution in [1.82, 2.24) is 4.98 Å². The minimum absolute atomic E-state index is 0.174. The number of carboxylic acid groups (broad SMARTS) is 1. The van der Waals surface area contributed by atoms with Crippen molar-refractivity contribution < 1.29 is 23.8 Å². The summed E-state index contributed by atoms with van der Waals surface area (Å²) in [5, 5.41) is 11.7. The summed E-state index contributed by atoms with van der Waals surface area (Å²) in [6, 6.07) is 11.2. The Labute approximate surface area is 211 Å². The van der Waals surface area contributed by atoms with Crippen molar-refractivity contribution in [3.8, 4) is 16.5 Å². The van der Waals surface area contributed by atoms with Gasteiger partial charge in [-0.15, -0.1) is 11.3 Å². The highest BCUT2D eigenvalue weighted by molar-refractivity contribution is 7.13. The molecule has 0 amide bonds. The summed E-state index contributed by atoms with van der Waals surface area (Å²) < 4.78 is 17.2. The number of hydrogen-bond donors (Lipinski definition) is 1. The topological polar surface area (TPSA) is 81.8 Å². The third kappa shape index (κ3) is 8.00. The second-order valence-electron chi connectivity index (χ2n) is 7.62. The van der Waals surface area contributed by atoms with Crippen LogP contribution < -0.4 is 4.74 Å². The van der Waals surface area contributed by atoms with Crippen molar-refractivity contribution in [3.63, 3.8) is 0 Å². The van der Waals surface area contributed by atoms with Gasteiger partial charge in [-0.3, -0.25) is 0 Å². The third-order valence-corrected chi connectivity index (χ3v) is 5.78. The van der Waals surface area contributed by atoms with E-state index in [1.54, 1.807) is 29.6 Å². The van der Waals surface area contributed by atoms with E-state index in [0.29, 0.717) is 24.7 Å². The van der Waals surface area contributed by atoms with Crippen LogP contribution in [0, 0.1) is 6.92 Å². The maximum absolute atomic E-state index is 11.8. The molecular formula is C28H33NO5S. The van der Waals surface area contributed by atoms with Crippen LogP contribution in [0.25, 0.3) is 10.8 Å². The van der Waals surface area contributed by atoms with Crippen molar-refractivity contribution in [3.05, 3.63) is 95.9 Å². The Balaban J connectivity index is 0.00000210. The molecule has 1 N–H and O–H groups in total. The van der Waals surface area contributed by atoms with Crippen LogP contribution >= 0.6 is 11.3 Å². The Bertz CT molecular complexity index is 1130. The molecule has 7 heteroatoms. The fourth-order valence-electron chi connectivity index (χ4n) is 3.18. The standard InChI is InChI=1S/C26H27NO5S.C2H6/c1-5-6-8-18(2)32-26(4,25(28)29)17-20-10-12-21(13-11-20)30-15-14-22-19(3)31-24(27-22)23-9-7-16-33-23;1-2/h5-13,16H,1-2,14-15,17H2,3-4H3,(H,28,29);1-2H3/b8-6-;. The van der Waals surface area contributed by atoms with Crippen LogP contribution in [0.5, 0.6) is 5.75 Å². The van der Waals surface area contributed by atoms with Crippen molar-refractivity contribution in [2.45, 2.75) is 46.1 Å². The molecule has 0 aliphatic carbocycles. The van der Waals surface area contributed by atoms with Gasteiger partial charge in [-0.2, -0.15) is 0 Å². The number of aryl methyl sites for hydroxylation is 1. The smallest absolute Gasteiger partial charge is 0.348 e. The highest BCUT2D eigenvalue weighted by Crippen LogP contribution is 2.26. The number of hydrogen-bond acceptors (Lipinski definition) is 6. The van der Waals surface area contributed by atoms with Crippen LogP contribution in [0.4, 0.5) is 0 Å². The van der Waals surface area contributed by atoms with E-state index in [4.69, 9.17) is 13.9 Å². The molecule has 1 unspecified atom stereocenters. The van der Waals surface area contributed by atoms with Gasteiger partial charge in [0.15, 0.2) is 0 Å². The highest BCUT2D eigenvalue weighted by atomic mass is 32.1. The Morgan fingerprint density at radius 2 is 1.97 bits per heavy atom. The molecule has 1 atom stereocenters. The maximum Gasteiger partial charge on any atom is 0.348 e. The first kappa shape index (κ1) is 27.7. The number of rotatable bonds is 12. The Morgan fingerprint density at radius 1 is 1.26 bits per heavy atom. The first-order valence-corrected chi connectivity index (χ1v) is 12.3. The fourth-order valence-corrected chi connectivity index (χ4v) is 3.83. The summed E-state index contributed by atoms with van der Waals surface area (Å²) in [5.41, 5.74) is 0.228. The number of carboxylic acids is 1. The van der Waals surface area contributed by atoms with Gasteiger partial charge in [0.05, 0.1) is 17.2 Å². The van der Waals surface area contributed by atoms with Crippen LogP contribution in [0.3, 0.4) is 0 Å². The predicted octanol–water partition coefficient (Wildman–Crippen LogP) is 7.02. The minimum atomic E-state index is -1.45. The molecule has 2 heterocycles. The summed E-state index contributed by atoms with van der Waals surface area (Å²) in [6.07, 6.45) is 5.57. The maximum atomic E-state index is 11.8. The quantitative estimate of drug-likeness (QED) is 0.215. The molecule has 0 bridgehead atoms. The summed E-state index contributed by atoms with van der Waals surface area (Å²) in [5.74, 6) is 1.30. The molecule has 0 fully saturated rings. The molecule has 0 spiro atoms. The first-order chi connectivity index (χ1) is 16.8. The van der Waals surface area contributed by atoms with Crippen LogP contribution in [0.2, 0.25) is 0 Å². The predicted molar refractivity (Wildman–Crippen MR) is 141 cm³/mol. The molecule has 2 aromatic heterocycles. The SMILES string of the molecule is C=C/C=C\C(=C)OC(C)(Cc1ccc(OCCc2nc(-c3cccs3)oc2C)cc1)C(=O)O.CC. The zero-order valence-corrected chi connectivity index (χ0v) is 21.6. The lowest BCUT2D eigenvalue weighted by molar-refractivity contribution is -0.158. The van der Waals surface area contributed by atoms with Crippen LogP contribution in [0.15, 0.2) is 83.3 Å². The molecule has 0 aliphatic heterocycles. The number of thiophene rings is 1. The van der Waals surface area contributed by atoms with E-state index in [2.05, 4.69) is 18.1 Å². The molecule has 0 saturated carbocycles. The number of nitrogens with zero attached hydrogens (tertiary/aromatic N) is 1. The average Bonchev–Trinajstić information content (AvgIpc) is 3.50. The van der Waals surface area contributed by atoms with E-state index >= 15 is 0 Å². The summed E-state index contributed by atoms with van der Waals surface area (Å²) >= 11 is 1.59. The van der Waals surface area contributed by atoms with Gasteiger partial charge in [0, 0.05) is 12.8 Å². The van der Waals surface area contributed by atoms with E-state index in [0.717, 1.165) is 21.9 Å². The van der Waals surface area contributed by atoms with Gasteiger partial charge in [0.1, 0.15) is 17.3 Å². The zero-order chi connectivity index (χ0) is 25.8. The molecule has 35 heavy (non-hydrogen) atoms. The second kappa shape index (κ2) is 13.3. The molecule has 6 nitrogen and oxygen atoms in total. The van der Waals surface area contributed by atoms with Crippen LogP contribution in [-0.2, 0) is 22.4 Å². The van der Waals surface area contributed by atoms with Crippen LogP contribution in [0.1, 0.15) is 37.8 Å². The van der Waals surface area contributed by atoms with Gasteiger partial charge in [-0.05, 0) is 49.1 Å². The summed E-state index contributed by atoms with van der Waals surface area (Å²) in [4.78, 5) is 17.4. The Kier molecular flexibility index (Phi) is 10.5. The van der Waals surface area contributed by atoms with Crippen molar-refractivity contribution >= 4 is 17.3 Å². The molecule has 1 aromatic carbocycles. The lowest BCUT2D eigenvalue weighted by atomic mass is 9.96. The van der Waals surface area contributed by atoms with Gasteiger partial charge >= 0.3 is 5.97 Å². The molecule has 3 rings (SSSR count). The Hall–Kier alpha value is -3.58. The number of ether oxygens (including phenoxy) is 2. The molecule has 0 radical (unpaired) electrons. The van der Waals surface area contributed by atoms with Crippen molar-refractivity contribution in [1.29, 1.82) is 0 Å². The van der Waals surface area contributed by atoms with Crippen molar-refractivity contribution in [2.24, 2.45) is 0 Å². The lowest BCUT2D eigenvalue weighted by Crippen LogP contribution is -2.40. The Morgan fingerprint density at radius 3 is 2.57 bits per heavy atom. The zero-order valence-electron chi connectivity index (χ0n) is 20.7. The van der Waals surface area contributed by atoms with Crippen LogP contribution in [-0.4, -0.2) is 28.3 Å². The monoisotopic (exact) mass is 495 g/mol. The largest absolute Gasteiger partial charge is 0.493 e. The minimum Gasteiger partial charge on any atom is -0.493 e. The first-order valence-electron chi connectivity index (χ1n) is 11.4. The van der Waals surface area contributed by atoms with E-state index in [-0.39, 0.29) is 12.2 Å². The number of aliphatic carboxylic acids is 1. The molecule has 186 valence electrons. The van der Waals surface area contributed by atoms with Crippen molar-refractivity contribution in [2.75, 3.05) is 6.61 Å². The molecular weight excluding hydrogens is 462 g/mol. The fraction of sp³-hybridized carbons (Fsp3) is 0.286. The summed E-state index contributed by atoms with van der Waals surface area (Å²) in [6.45, 7) is 15.2. The van der Waals surface area contributed by atoms with E-state index in [1.807, 2.05) is 62.5 Å². The van der Waals surface area contributed by atoms with Gasteiger partial charge < -0.3 is 19.0 Å². The van der Waals surface area contributed by atoms with E-state index in [9.17, 15) is 9.90 Å².